The second-order valence-electron chi connectivity index (χ2n) is 7.36. The topological polar surface area (TPSA) is 86.8 Å². The van der Waals surface area contributed by atoms with Crippen LogP contribution in [0, 0.1) is 0 Å². The highest BCUT2D eigenvalue weighted by molar-refractivity contribution is 9.10. The van der Waals surface area contributed by atoms with Crippen molar-refractivity contribution in [3.8, 4) is 0 Å². The van der Waals surface area contributed by atoms with Crippen LogP contribution in [-0.2, 0) is 26.2 Å². The molecule has 174 valence electrons. The van der Waals surface area contributed by atoms with E-state index in [0.717, 1.165) is 16.3 Å². The van der Waals surface area contributed by atoms with Crippen LogP contribution in [0.1, 0.15) is 25.3 Å². The summed E-state index contributed by atoms with van der Waals surface area (Å²) >= 11 is 9.43. The molecule has 2 aromatic carbocycles. The van der Waals surface area contributed by atoms with Crippen molar-refractivity contribution < 1.29 is 18.0 Å². The number of nitrogens with zero attached hydrogens (tertiary/aromatic N) is 2. The van der Waals surface area contributed by atoms with E-state index in [9.17, 15) is 18.0 Å². The molecule has 0 aromatic heterocycles. The number of likely N-dealkylation sites (N-methyl/N-ethyl adjacent to an activating group) is 1. The summed E-state index contributed by atoms with van der Waals surface area (Å²) in [7, 11) is -2.04. The summed E-state index contributed by atoms with van der Waals surface area (Å²) in [6.45, 7) is 2.05. The van der Waals surface area contributed by atoms with Gasteiger partial charge in [0.1, 0.15) is 6.04 Å². The number of amides is 2. The highest BCUT2D eigenvalue weighted by Gasteiger charge is 2.26. The molecule has 0 radical (unpaired) electrons. The van der Waals surface area contributed by atoms with Gasteiger partial charge in [0.2, 0.25) is 21.8 Å². The first kappa shape index (κ1) is 26.2. The van der Waals surface area contributed by atoms with Gasteiger partial charge in [0.05, 0.1) is 11.9 Å². The number of rotatable bonds is 10. The van der Waals surface area contributed by atoms with E-state index in [-0.39, 0.29) is 37.7 Å². The largest absolute Gasteiger partial charge is 0.357 e. The number of carbonyl (C=O) groups excluding carboxylic acids is 2. The summed E-state index contributed by atoms with van der Waals surface area (Å²) in [4.78, 5) is 26.8. The van der Waals surface area contributed by atoms with Gasteiger partial charge in [-0.1, -0.05) is 45.7 Å². The predicted octanol–water partition coefficient (Wildman–Crippen LogP) is 3.81. The molecule has 2 amide bonds. The average molecular weight is 545 g/mol. The van der Waals surface area contributed by atoms with Gasteiger partial charge in [-0.25, -0.2) is 8.42 Å². The number of nitrogens with one attached hydrogen (secondary N) is 1. The Balaban J connectivity index is 2.14. The Morgan fingerprint density at radius 3 is 2.44 bits per heavy atom. The first-order valence-corrected chi connectivity index (χ1v) is 13.0. The van der Waals surface area contributed by atoms with Crippen LogP contribution in [0.25, 0.3) is 0 Å². The van der Waals surface area contributed by atoms with Crippen molar-refractivity contribution in [3.63, 3.8) is 0 Å². The first-order chi connectivity index (χ1) is 15.0. The van der Waals surface area contributed by atoms with Gasteiger partial charge < -0.3 is 10.2 Å². The lowest BCUT2D eigenvalue weighted by atomic mass is 10.1. The number of sulfonamides is 1. The summed E-state index contributed by atoms with van der Waals surface area (Å²) < 4.78 is 26.7. The molecule has 1 atom stereocenters. The third kappa shape index (κ3) is 7.50. The van der Waals surface area contributed by atoms with Crippen LogP contribution >= 0.6 is 27.5 Å². The third-order valence-electron chi connectivity index (χ3n) is 4.90. The van der Waals surface area contributed by atoms with Crippen LogP contribution in [0.5, 0.6) is 0 Å². The monoisotopic (exact) mass is 543 g/mol. The van der Waals surface area contributed by atoms with Gasteiger partial charge in [0.15, 0.2) is 0 Å². The zero-order valence-electron chi connectivity index (χ0n) is 18.2. The van der Waals surface area contributed by atoms with E-state index in [2.05, 4.69) is 21.2 Å². The Hall–Kier alpha value is -2.10. The minimum Gasteiger partial charge on any atom is -0.357 e. The molecule has 0 aliphatic carbocycles. The Labute approximate surface area is 202 Å². The van der Waals surface area contributed by atoms with Crippen molar-refractivity contribution in [1.29, 1.82) is 0 Å². The second-order valence-corrected chi connectivity index (χ2v) is 10.6. The van der Waals surface area contributed by atoms with Gasteiger partial charge in [-0.2, -0.15) is 0 Å². The molecule has 0 aliphatic heterocycles. The Morgan fingerprint density at radius 1 is 1.16 bits per heavy atom. The van der Waals surface area contributed by atoms with Crippen molar-refractivity contribution in [1.82, 2.24) is 10.2 Å². The summed E-state index contributed by atoms with van der Waals surface area (Å²) in [5.41, 5.74) is 1.32. The van der Waals surface area contributed by atoms with E-state index in [1.165, 1.54) is 16.3 Å². The molecule has 10 heteroatoms. The highest BCUT2D eigenvalue weighted by Crippen LogP contribution is 2.23. The normalized spacial score (nSPS) is 12.2. The molecule has 32 heavy (non-hydrogen) atoms. The summed E-state index contributed by atoms with van der Waals surface area (Å²) in [5, 5.41) is 3.00. The zero-order valence-corrected chi connectivity index (χ0v) is 21.4. The molecule has 0 bridgehead atoms. The van der Waals surface area contributed by atoms with Gasteiger partial charge in [-0.3, -0.25) is 13.9 Å². The van der Waals surface area contributed by atoms with Crippen LogP contribution < -0.4 is 9.62 Å². The maximum atomic E-state index is 13.1. The van der Waals surface area contributed by atoms with Gasteiger partial charge in [0.25, 0.3) is 0 Å². The Kier molecular flexibility index (Phi) is 9.54. The molecule has 2 aromatic rings. The minimum atomic E-state index is -3.56. The number of anilines is 1. The van der Waals surface area contributed by atoms with Gasteiger partial charge in [0, 0.05) is 36.1 Å². The van der Waals surface area contributed by atoms with E-state index in [1.807, 2.05) is 24.3 Å². The fourth-order valence-electron chi connectivity index (χ4n) is 3.26. The van der Waals surface area contributed by atoms with Crippen molar-refractivity contribution in [3.05, 3.63) is 63.6 Å². The van der Waals surface area contributed by atoms with Gasteiger partial charge in [-0.15, -0.1) is 0 Å². The smallest absolute Gasteiger partial charge is 0.242 e. The van der Waals surface area contributed by atoms with Crippen molar-refractivity contribution >= 4 is 55.1 Å². The standard InChI is InChI=1S/C22H27BrClN3O4S/c1-16(22(29)25-2)26(15-17-7-4-8-18(23)13-17)21(28)11-6-12-27(32(3,30)31)20-10-5-9-19(24)14-20/h4-5,7-10,13-14,16H,6,11-12,15H2,1-3H3,(H,25,29). The Bertz CT molecular complexity index is 1060. The van der Waals surface area contributed by atoms with Crippen LogP contribution in [-0.4, -0.2) is 51.0 Å². The summed E-state index contributed by atoms with van der Waals surface area (Å²) in [6.07, 6.45) is 1.48. The minimum absolute atomic E-state index is 0.0852. The number of hydrogen-bond acceptors (Lipinski definition) is 4. The number of carbonyl (C=O) groups is 2. The molecule has 1 N–H and O–H groups in total. The lowest BCUT2D eigenvalue weighted by molar-refractivity contribution is -0.140. The molecule has 0 heterocycles. The molecule has 0 saturated heterocycles. The van der Waals surface area contributed by atoms with Crippen molar-refractivity contribution in [2.75, 3.05) is 24.2 Å². The summed E-state index contributed by atoms with van der Waals surface area (Å²) in [5.74, 6) is -0.509. The van der Waals surface area contributed by atoms with Crippen LogP contribution in [0.2, 0.25) is 5.02 Å². The molecule has 0 fully saturated rings. The average Bonchev–Trinajstić information content (AvgIpc) is 2.73. The fourth-order valence-corrected chi connectivity index (χ4v) is 4.85. The van der Waals surface area contributed by atoms with E-state index in [4.69, 9.17) is 11.6 Å². The molecule has 1 unspecified atom stereocenters. The van der Waals surface area contributed by atoms with E-state index < -0.39 is 16.1 Å². The number of benzene rings is 2. The van der Waals surface area contributed by atoms with E-state index in [1.54, 1.807) is 31.2 Å². The molecular formula is C22H27BrClN3O4S. The molecular weight excluding hydrogens is 518 g/mol. The summed E-state index contributed by atoms with van der Waals surface area (Å²) in [6, 6.07) is 13.4. The van der Waals surface area contributed by atoms with Crippen LogP contribution in [0.4, 0.5) is 5.69 Å². The number of halogens is 2. The van der Waals surface area contributed by atoms with Crippen LogP contribution in [0.3, 0.4) is 0 Å². The predicted molar refractivity (Wildman–Crippen MR) is 131 cm³/mol. The maximum absolute atomic E-state index is 13.1. The first-order valence-electron chi connectivity index (χ1n) is 10.0. The second kappa shape index (κ2) is 11.7. The lowest BCUT2D eigenvalue weighted by Crippen LogP contribution is -2.46. The van der Waals surface area contributed by atoms with E-state index in [0.29, 0.717) is 10.7 Å². The van der Waals surface area contributed by atoms with Gasteiger partial charge >= 0.3 is 0 Å². The SMILES string of the molecule is CNC(=O)C(C)N(Cc1cccc(Br)c1)C(=O)CCCN(c1cccc(Cl)c1)S(C)(=O)=O. The van der Waals surface area contributed by atoms with E-state index >= 15 is 0 Å². The third-order valence-corrected chi connectivity index (χ3v) is 6.83. The van der Waals surface area contributed by atoms with Crippen molar-refractivity contribution in [2.24, 2.45) is 0 Å². The molecule has 0 spiro atoms. The highest BCUT2D eigenvalue weighted by atomic mass is 79.9. The maximum Gasteiger partial charge on any atom is 0.242 e. The molecule has 0 aliphatic rings. The number of hydrogen-bond donors (Lipinski definition) is 1. The quantitative estimate of drug-likeness (QED) is 0.493. The molecule has 0 saturated carbocycles. The Morgan fingerprint density at radius 2 is 1.84 bits per heavy atom. The molecule has 7 nitrogen and oxygen atoms in total. The van der Waals surface area contributed by atoms with Gasteiger partial charge in [-0.05, 0) is 49.2 Å². The molecule has 2 rings (SSSR count). The van der Waals surface area contributed by atoms with Crippen LogP contribution in [0.15, 0.2) is 53.0 Å². The zero-order chi connectivity index (χ0) is 23.9. The lowest BCUT2D eigenvalue weighted by Gasteiger charge is -2.29. The van der Waals surface area contributed by atoms with Crippen molar-refractivity contribution in [2.45, 2.75) is 32.4 Å². The fraction of sp³-hybridized carbons (Fsp3) is 0.364.